The maximum atomic E-state index is 14.2. The highest BCUT2D eigenvalue weighted by Crippen LogP contribution is 2.35. The molecule has 0 aliphatic carbocycles. The van der Waals surface area contributed by atoms with Crippen molar-refractivity contribution in [2.45, 2.75) is 36.1 Å². The molecule has 0 bridgehead atoms. The van der Waals surface area contributed by atoms with Gasteiger partial charge in [0.05, 0.1) is 0 Å². The van der Waals surface area contributed by atoms with Crippen molar-refractivity contribution in [2.24, 2.45) is 0 Å². The lowest BCUT2D eigenvalue weighted by Gasteiger charge is -2.18. The smallest absolute Gasteiger partial charge is 0.129 e. The molecule has 0 aliphatic heterocycles. The zero-order valence-electron chi connectivity index (χ0n) is 12.2. The summed E-state index contributed by atoms with van der Waals surface area (Å²) in [5.74, 6) is -0.147. The molecule has 0 spiro atoms. The second-order valence-electron chi connectivity index (χ2n) is 4.89. The molecular weight excluding hydrogens is 349 g/mol. The van der Waals surface area contributed by atoms with Crippen molar-refractivity contribution < 1.29 is 4.39 Å². The highest BCUT2D eigenvalue weighted by Gasteiger charge is 2.15. The van der Waals surface area contributed by atoms with Crippen molar-refractivity contribution in [1.29, 1.82) is 0 Å². The van der Waals surface area contributed by atoms with Gasteiger partial charge in [0.1, 0.15) is 5.82 Å². The normalized spacial score (nSPS) is 12.4. The maximum absolute atomic E-state index is 14.2. The Morgan fingerprint density at radius 3 is 2.71 bits per heavy atom. The van der Waals surface area contributed by atoms with Crippen LogP contribution in [-0.4, -0.2) is 6.54 Å². The van der Waals surface area contributed by atoms with Crippen LogP contribution in [0.4, 0.5) is 4.39 Å². The highest BCUT2D eigenvalue weighted by atomic mass is 79.9. The van der Waals surface area contributed by atoms with Crippen LogP contribution in [-0.2, 0) is 0 Å². The molecule has 0 aliphatic rings. The van der Waals surface area contributed by atoms with E-state index in [0.29, 0.717) is 0 Å². The standard InChI is InChI=1S/C17H19BrFNS/c1-3-10-20-12(2)17-15(19)8-5-9-16(17)21-14-7-4-6-13(18)11-14/h4-9,11-12,20H,3,10H2,1-2H3. The zero-order valence-corrected chi connectivity index (χ0v) is 14.6. The maximum Gasteiger partial charge on any atom is 0.129 e. The summed E-state index contributed by atoms with van der Waals surface area (Å²) >= 11 is 5.07. The van der Waals surface area contributed by atoms with E-state index in [9.17, 15) is 4.39 Å². The van der Waals surface area contributed by atoms with Gasteiger partial charge in [0.2, 0.25) is 0 Å². The van der Waals surface area contributed by atoms with E-state index in [0.717, 1.165) is 32.8 Å². The quantitative estimate of drug-likeness (QED) is 0.692. The Morgan fingerprint density at radius 1 is 1.24 bits per heavy atom. The van der Waals surface area contributed by atoms with Gasteiger partial charge in [0.25, 0.3) is 0 Å². The number of halogens is 2. The number of nitrogens with one attached hydrogen (secondary N) is 1. The molecule has 1 N–H and O–H groups in total. The molecule has 0 fully saturated rings. The predicted molar refractivity (Wildman–Crippen MR) is 91.4 cm³/mol. The van der Waals surface area contributed by atoms with Crippen molar-refractivity contribution in [3.63, 3.8) is 0 Å². The van der Waals surface area contributed by atoms with Gasteiger partial charge in [-0.3, -0.25) is 0 Å². The van der Waals surface area contributed by atoms with Gasteiger partial charge in [-0.2, -0.15) is 0 Å². The molecule has 1 nitrogen and oxygen atoms in total. The summed E-state index contributed by atoms with van der Waals surface area (Å²) in [6.07, 6.45) is 1.03. The van der Waals surface area contributed by atoms with Crippen LogP contribution in [0.15, 0.2) is 56.7 Å². The minimum absolute atomic E-state index is 0.000743. The summed E-state index contributed by atoms with van der Waals surface area (Å²) < 4.78 is 15.3. The van der Waals surface area contributed by atoms with Crippen LogP contribution in [0.2, 0.25) is 0 Å². The molecule has 0 heterocycles. The Morgan fingerprint density at radius 2 is 2.00 bits per heavy atom. The molecular formula is C17H19BrFNS. The third kappa shape index (κ3) is 4.56. The SMILES string of the molecule is CCCNC(C)c1c(F)cccc1Sc1cccc(Br)c1. The van der Waals surface area contributed by atoms with Crippen molar-refractivity contribution in [2.75, 3.05) is 6.54 Å². The summed E-state index contributed by atoms with van der Waals surface area (Å²) in [6, 6.07) is 13.3. The van der Waals surface area contributed by atoms with Gasteiger partial charge in [0.15, 0.2) is 0 Å². The molecule has 0 amide bonds. The van der Waals surface area contributed by atoms with Crippen LogP contribution in [0.1, 0.15) is 31.9 Å². The lowest BCUT2D eigenvalue weighted by molar-refractivity contribution is 0.519. The second-order valence-corrected chi connectivity index (χ2v) is 6.92. The van der Waals surface area contributed by atoms with E-state index in [1.807, 2.05) is 37.3 Å². The Bertz CT molecular complexity index is 603. The predicted octanol–water partition coefficient (Wildman–Crippen LogP) is 5.80. The average Bonchev–Trinajstić information content (AvgIpc) is 2.45. The summed E-state index contributed by atoms with van der Waals surface area (Å²) in [4.78, 5) is 2.06. The third-order valence-electron chi connectivity index (χ3n) is 3.17. The van der Waals surface area contributed by atoms with E-state index < -0.39 is 0 Å². The van der Waals surface area contributed by atoms with Gasteiger partial charge in [0, 0.05) is 25.9 Å². The fourth-order valence-electron chi connectivity index (χ4n) is 2.15. The van der Waals surface area contributed by atoms with E-state index >= 15 is 0 Å². The molecule has 0 saturated carbocycles. The Labute approximate surface area is 138 Å². The molecule has 21 heavy (non-hydrogen) atoms. The number of hydrogen-bond donors (Lipinski definition) is 1. The van der Waals surface area contributed by atoms with Gasteiger partial charge < -0.3 is 5.32 Å². The number of rotatable bonds is 6. The van der Waals surface area contributed by atoms with Gasteiger partial charge in [-0.1, -0.05) is 46.7 Å². The highest BCUT2D eigenvalue weighted by molar-refractivity contribution is 9.10. The minimum Gasteiger partial charge on any atom is -0.310 e. The summed E-state index contributed by atoms with van der Waals surface area (Å²) in [5.41, 5.74) is 0.746. The lowest BCUT2D eigenvalue weighted by Crippen LogP contribution is -2.20. The van der Waals surface area contributed by atoms with Crippen LogP contribution < -0.4 is 5.32 Å². The van der Waals surface area contributed by atoms with Crippen molar-refractivity contribution in [3.05, 3.63) is 58.3 Å². The molecule has 2 rings (SSSR count). The number of hydrogen-bond acceptors (Lipinski definition) is 2. The van der Waals surface area contributed by atoms with Crippen LogP contribution >= 0.6 is 27.7 Å². The van der Waals surface area contributed by atoms with Crippen molar-refractivity contribution in [1.82, 2.24) is 5.32 Å². The van der Waals surface area contributed by atoms with Gasteiger partial charge >= 0.3 is 0 Å². The first-order chi connectivity index (χ1) is 10.1. The fraction of sp³-hybridized carbons (Fsp3) is 0.294. The number of benzene rings is 2. The molecule has 0 saturated heterocycles. The van der Waals surface area contributed by atoms with E-state index in [4.69, 9.17) is 0 Å². The Kier molecular flexibility index (Phi) is 6.27. The zero-order chi connectivity index (χ0) is 15.2. The fourth-order valence-corrected chi connectivity index (χ4v) is 3.81. The largest absolute Gasteiger partial charge is 0.310 e. The second kappa shape index (κ2) is 7.97. The van der Waals surface area contributed by atoms with E-state index in [2.05, 4.69) is 28.2 Å². The molecule has 0 aromatic heterocycles. The van der Waals surface area contributed by atoms with E-state index in [-0.39, 0.29) is 11.9 Å². The average molecular weight is 368 g/mol. The third-order valence-corrected chi connectivity index (χ3v) is 4.73. The van der Waals surface area contributed by atoms with Gasteiger partial charge in [-0.05, 0) is 50.2 Å². The molecule has 2 aromatic carbocycles. The molecule has 1 atom stereocenters. The van der Waals surface area contributed by atoms with Crippen LogP contribution in [0.25, 0.3) is 0 Å². The van der Waals surface area contributed by atoms with E-state index in [1.165, 1.54) is 6.07 Å². The summed E-state index contributed by atoms with van der Waals surface area (Å²) in [6.45, 7) is 5.01. The van der Waals surface area contributed by atoms with Crippen molar-refractivity contribution in [3.8, 4) is 0 Å². The van der Waals surface area contributed by atoms with Crippen LogP contribution in [0.3, 0.4) is 0 Å². The van der Waals surface area contributed by atoms with Crippen LogP contribution in [0.5, 0.6) is 0 Å². The first-order valence-corrected chi connectivity index (χ1v) is 8.68. The molecule has 4 heteroatoms. The Hall–Kier alpha value is -0.840. The summed E-state index contributed by atoms with van der Waals surface area (Å²) in [7, 11) is 0. The molecule has 1 unspecified atom stereocenters. The molecule has 0 radical (unpaired) electrons. The lowest BCUT2D eigenvalue weighted by atomic mass is 10.1. The summed E-state index contributed by atoms with van der Waals surface area (Å²) in [5, 5.41) is 3.36. The first-order valence-electron chi connectivity index (χ1n) is 7.07. The minimum atomic E-state index is -0.147. The monoisotopic (exact) mass is 367 g/mol. The first kappa shape index (κ1) is 16.5. The van der Waals surface area contributed by atoms with Gasteiger partial charge in [-0.15, -0.1) is 0 Å². The topological polar surface area (TPSA) is 12.0 Å². The molecule has 112 valence electrons. The Balaban J connectivity index is 2.28. The molecule has 2 aromatic rings. The van der Waals surface area contributed by atoms with Crippen LogP contribution in [0, 0.1) is 5.82 Å². The van der Waals surface area contributed by atoms with Crippen molar-refractivity contribution >= 4 is 27.7 Å². The van der Waals surface area contributed by atoms with E-state index in [1.54, 1.807) is 17.8 Å². The van der Waals surface area contributed by atoms with Gasteiger partial charge in [-0.25, -0.2) is 4.39 Å².